The quantitative estimate of drug-likeness (QED) is 0.734. The van der Waals surface area contributed by atoms with Crippen LogP contribution in [0, 0.1) is 6.92 Å². The first-order chi connectivity index (χ1) is 8.02. The summed E-state index contributed by atoms with van der Waals surface area (Å²) in [4.78, 5) is 22.5. The molecule has 0 N–H and O–H groups in total. The van der Waals surface area contributed by atoms with Gasteiger partial charge in [-0.05, 0) is 37.5 Å². The van der Waals surface area contributed by atoms with Crippen molar-refractivity contribution < 1.29 is 14.3 Å². The summed E-state index contributed by atoms with van der Waals surface area (Å²) in [5.74, 6) is -0.105. The summed E-state index contributed by atoms with van der Waals surface area (Å²) in [6.07, 6.45) is 0.682. The highest BCUT2D eigenvalue weighted by Gasteiger charge is 2.08. The molecule has 0 aliphatic rings. The number of rotatable bonds is 5. The van der Waals surface area contributed by atoms with Crippen molar-refractivity contribution in [3.05, 3.63) is 34.9 Å². The summed E-state index contributed by atoms with van der Waals surface area (Å²) in [6.45, 7) is 5.69. The van der Waals surface area contributed by atoms with Crippen LogP contribution in [-0.2, 0) is 27.2 Å². The van der Waals surface area contributed by atoms with E-state index in [1.807, 2.05) is 25.1 Å². The van der Waals surface area contributed by atoms with Crippen molar-refractivity contribution in [1.29, 1.82) is 0 Å². The normalized spacial score (nSPS) is 10.1. The van der Waals surface area contributed by atoms with Gasteiger partial charge in [-0.25, -0.2) is 0 Å². The van der Waals surface area contributed by atoms with Gasteiger partial charge in [-0.1, -0.05) is 18.2 Å². The number of hydrogen-bond donors (Lipinski definition) is 0. The van der Waals surface area contributed by atoms with Crippen molar-refractivity contribution in [3.63, 3.8) is 0 Å². The van der Waals surface area contributed by atoms with Crippen LogP contribution >= 0.6 is 0 Å². The number of aryl methyl sites for hydroxylation is 1. The van der Waals surface area contributed by atoms with E-state index in [-0.39, 0.29) is 18.2 Å². The van der Waals surface area contributed by atoms with Gasteiger partial charge in [-0.15, -0.1) is 0 Å². The molecule has 1 aromatic rings. The van der Waals surface area contributed by atoms with Crippen LogP contribution in [0.25, 0.3) is 0 Å². The van der Waals surface area contributed by atoms with Crippen LogP contribution in [-0.4, -0.2) is 18.4 Å². The van der Waals surface area contributed by atoms with Crippen molar-refractivity contribution in [3.8, 4) is 0 Å². The van der Waals surface area contributed by atoms with Crippen molar-refractivity contribution in [1.82, 2.24) is 0 Å². The number of ketones is 1. The van der Waals surface area contributed by atoms with Crippen molar-refractivity contribution >= 4 is 11.8 Å². The fourth-order valence-electron chi connectivity index (χ4n) is 1.68. The maximum atomic E-state index is 11.4. The minimum atomic E-state index is -0.226. The lowest BCUT2D eigenvalue weighted by Gasteiger charge is -2.08. The van der Waals surface area contributed by atoms with Crippen molar-refractivity contribution in [2.45, 2.75) is 33.6 Å². The molecular formula is C14H18O3. The SMILES string of the molecule is CCOC(=O)Cc1cc(CC(C)=O)ccc1C. The maximum Gasteiger partial charge on any atom is 0.310 e. The number of hydrogen-bond acceptors (Lipinski definition) is 3. The Morgan fingerprint density at radius 2 is 1.94 bits per heavy atom. The molecule has 0 radical (unpaired) electrons. The molecule has 92 valence electrons. The van der Waals surface area contributed by atoms with Crippen LogP contribution in [0.5, 0.6) is 0 Å². The Kier molecular flexibility index (Phi) is 4.88. The van der Waals surface area contributed by atoms with Crippen molar-refractivity contribution in [2.75, 3.05) is 6.61 Å². The lowest BCUT2D eigenvalue weighted by molar-refractivity contribution is -0.142. The molecule has 0 saturated heterocycles. The summed E-state index contributed by atoms with van der Waals surface area (Å²) >= 11 is 0. The second kappa shape index (κ2) is 6.18. The molecule has 3 nitrogen and oxygen atoms in total. The number of ether oxygens (including phenoxy) is 1. The number of carbonyl (C=O) groups excluding carboxylic acids is 2. The molecule has 1 aromatic carbocycles. The molecule has 0 atom stereocenters. The zero-order chi connectivity index (χ0) is 12.8. The van der Waals surface area contributed by atoms with Gasteiger partial charge in [0.1, 0.15) is 5.78 Å². The first-order valence-corrected chi connectivity index (χ1v) is 5.76. The van der Waals surface area contributed by atoms with E-state index in [0.717, 1.165) is 16.7 Å². The second-order valence-corrected chi connectivity index (χ2v) is 4.12. The Bertz CT molecular complexity index is 421. The van der Waals surface area contributed by atoms with E-state index in [2.05, 4.69) is 0 Å². The highest BCUT2D eigenvalue weighted by molar-refractivity contribution is 5.78. The standard InChI is InChI=1S/C14H18O3/c1-4-17-14(16)9-13-8-12(7-11(3)15)6-5-10(13)2/h5-6,8H,4,7,9H2,1-3H3. The highest BCUT2D eigenvalue weighted by Crippen LogP contribution is 2.13. The van der Waals surface area contributed by atoms with Gasteiger partial charge in [-0.2, -0.15) is 0 Å². The highest BCUT2D eigenvalue weighted by atomic mass is 16.5. The Balaban J connectivity index is 2.83. The number of benzene rings is 1. The molecule has 1 rings (SSSR count). The molecule has 0 amide bonds. The predicted molar refractivity (Wildman–Crippen MR) is 65.9 cm³/mol. The molecule has 0 aromatic heterocycles. The summed E-state index contributed by atoms with van der Waals surface area (Å²) in [6, 6.07) is 5.77. The van der Waals surface area contributed by atoms with Crippen LogP contribution in [0.15, 0.2) is 18.2 Å². The van der Waals surface area contributed by atoms with E-state index in [4.69, 9.17) is 4.74 Å². The van der Waals surface area contributed by atoms with Gasteiger partial charge in [-0.3, -0.25) is 9.59 Å². The fourth-order valence-corrected chi connectivity index (χ4v) is 1.68. The van der Waals surface area contributed by atoms with Crippen LogP contribution in [0.1, 0.15) is 30.5 Å². The van der Waals surface area contributed by atoms with E-state index < -0.39 is 0 Å². The van der Waals surface area contributed by atoms with Gasteiger partial charge >= 0.3 is 5.97 Å². The third-order valence-electron chi connectivity index (χ3n) is 2.51. The average Bonchev–Trinajstić information content (AvgIpc) is 2.22. The molecule has 0 aliphatic heterocycles. The third kappa shape index (κ3) is 4.39. The largest absolute Gasteiger partial charge is 0.466 e. The van der Waals surface area contributed by atoms with E-state index in [1.165, 1.54) is 0 Å². The molecule has 0 heterocycles. The Labute approximate surface area is 102 Å². The van der Waals surface area contributed by atoms with Gasteiger partial charge in [0.25, 0.3) is 0 Å². The number of carbonyl (C=O) groups is 2. The van der Waals surface area contributed by atoms with Crippen LogP contribution in [0.4, 0.5) is 0 Å². The third-order valence-corrected chi connectivity index (χ3v) is 2.51. The second-order valence-electron chi connectivity index (χ2n) is 4.12. The number of Topliss-reactive ketones (excluding diaryl/α,β-unsaturated/α-hetero) is 1. The molecule has 0 bridgehead atoms. The predicted octanol–water partition coefficient (Wildman–Crippen LogP) is 2.23. The molecule has 17 heavy (non-hydrogen) atoms. The lowest BCUT2D eigenvalue weighted by atomic mass is 10.00. The molecule has 0 unspecified atom stereocenters. The Morgan fingerprint density at radius 1 is 1.24 bits per heavy atom. The average molecular weight is 234 g/mol. The molecular weight excluding hydrogens is 216 g/mol. The molecule has 0 fully saturated rings. The summed E-state index contributed by atoms with van der Waals surface area (Å²) in [5, 5.41) is 0. The molecule has 0 aliphatic carbocycles. The zero-order valence-electron chi connectivity index (χ0n) is 10.6. The topological polar surface area (TPSA) is 43.4 Å². The lowest BCUT2D eigenvalue weighted by Crippen LogP contribution is -2.09. The number of esters is 1. The summed E-state index contributed by atoms with van der Waals surface area (Å²) in [5.41, 5.74) is 2.93. The molecule has 0 saturated carbocycles. The Morgan fingerprint density at radius 3 is 2.53 bits per heavy atom. The van der Waals surface area contributed by atoms with Crippen molar-refractivity contribution in [2.24, 2.45) is 0 Å². The molecule has 0 spiro atoms. The van der Waals surface area contributed by atoms with Crippen LogP contribution in [0.3, 0.4) is 0 Å². The minimum absolute atomic E-state index is 0.121. The fraction of sp³-hybridized carbons (Fsp3) is 0.429. The first kappa shape index (κ1) is 13.4. The van der Waals surface area contributed by atoms with E-state index in [1.54, 1.807) is 13.8 Å². The van der Waals surface area contributed by atoms with E-state index in [9.17, 15) is 9.59 Å². The van der Waals surface area contributed by atoms with E-state index >= 15 is 0 Å². The summed E-state index contributed by atoms with van der Waals surface area (Å²) < 4.78 is 4.92. The summed E-state index contributed by atoms with van der Waals surface area (Å²) in [7, 11) is 0. The van der Waals surface area contributed by atoms with Gasteiger partial charge in [0.15, 0.2) is 0 Å². The van der Waals surface area contributed by atoms with E-state index in [0.29, 0.717) is 13.0 Å². The van der Waals surface area contributed by atoms with Gasteiger partial charge in [0.05, 0.1) is 13.0 Å². The van der Waals surface area contributed by atoms with Gasteiger partial charge in [0, 0.05) is 6.42 Å². The van der Waals surface area contributed by atoms with Crippen LogP contribution in [0.2, 0.25) is 0 Å². The maximum absolute atomic E-state index is 11.4. The first-order valence-electron chi connectivity index (χ1n) is 5.76. The van der Waals surface area contributed by atoms with Gasteiger partial charge < -0.3 is 4.74 Å². The Hall–Kier alpha value is -1.64. The zero-order valence-corrected chi connectivity index (χ0v) is 10.6. The van der Waals surface area contributed by atoms with Gasteiger partial charge in [0.2, 0.25) is 0 Å². The van der Waals surface area contributed by atoms with Crippen LogP contribution < -0.4 is 0 Å². The monoisotopic (exact) mass is 234 g/mol. The smallest absolute Gasteiger partial charge is 0.310 e. The minimum Gasteiger partial charge on any atom is -0.466 e. The molecule has 3 heteroatoms.